The number of hydrogen-bond donors (Lipinski definition) is 0. The minimum absolute atomic E-state index is 0.0390. The number of halogens is 6. The van der Waals surface area contributed by atoms with Gasteiger partial charge in [-0.2, -0.15) is 30.6 Å². The van der Waals surface area contributed by atoms with Gasteiger partial charge in [-0.25, -0.2) is 8.42 Å². The molecule has 31 heavy (non-hydrogen) atoms. The molecule has 0 spiro atoms. The monoisotopic (exact) mass is 467 g/mol. The summed E-state index contributed by atoms with van der Waals surface area (Å²) < 4.78 is 111. The zero-order valence-corrected chi connectivity index (χ0v) is 17.1. The van der Waals surface area contributed by atoms with Crippen molar-refractivity contribution in [1.82, 2.24) is 4.31 Å². The summed E-state index contributed by atoms with van der Waals surface area (Å²) in [4.78, 5) is -1.02. The minimum Gasteiger partial charge on any atom is -0.496 e. The number of sulfonamides is 1. The van der Waals surface area contributed by atoms with Crippen molar-refractivity contribution < 1.29 is 39.5 Å². The van der Waals surface area contributed by atoms with E-state index in [1.807, 2.05) is 12.1 Å². The number of methoxy groups -OCH3 is 1. The number of para-hydroxylation sites is 1. The fraction of sp³-hybridized carbons (Fsp3) is 0.400. The van der Waals surface area contributed by atoms with Gasteiger partial charge in [0.25, 0.3) is 0 Å². The van der Waals surface area contributed by atoms with Crippen LogP contribution in [0.1, 0.15) is 35.4 Å². The Morgan fingerprint density at radius 2 is 1.42 bits per heavy atom. The highest BCUT2D eigenvalue weighted by atomic mass is 32.2. The van der Waals surface area contributed by atoms with Gasteiger partial charge in [-0.1, -0.05) is 18.2 Å². The average molecular weight is 467 g/mol. The molecule has 1 aliphatic heterocycles. The van der Waals surface area contributed by atoms with Crippen LogP contribution in [0.15, 0.2) is 47.4 Å². The molecule has 1 heterocycles. The summed E-state index contributed by atoms with van der Waals surface area (Å²) in [5.74, 6) is 0.589. The maximum absolute atomic E-state index is 13.1. The van der Waals surface area contributed by atoms with Gasteiger partial charge in [0.05, 0.1) is 23.1 Å². The fourth-order valence-corrected chi connectivity index (χ4v) is 5.18. The van der Waals surface area contributed by atoms with Crippen LogP contribution in [-0.2, 0) is 22.4 Å². The van der Waals surface area contributed by atoms with Crippen LogP contribution in [0.2, 0.25) is 0 Å². The van der Waals surface area contributed by atoms with Gasteiger partial charge in [0.2, 0.25) is 10.0 Å². The molecule has 0 bridgehead atoms. The van der Waals surface area contributed by atoms with Crippen LogP contribution in [0, 0.1) is 0 Å². The Kier molecular flexibility index (Phi) is 6.30. The molecule has 0 aliphatic carbocycles. The zero-order valence-electron chi connectivity index (χ0n) is 16.3. The third kappa shape index (κ3) is 4.98. The highest BCUT2D eigenvalue weighted by molar-refractivity contribution is 7.89. The van der Waals surface area contributed by atoms with E-state index in [0.717, 1.165) is 9.87 Å². The Balaban J connectivity index is 1.89. The van der Waals surface area contributed by atoms with E-state index >= 15 is 0 Å². The third-order valence-corrected chi connectivity index (χ3v) is 7.11. The molecule has 0 radical (unpaired) electrons. The Morgan fingerprint density at radius 1 is 0.903 bits per heavy atom. The Labute approximate surface area is 175 Å². The van der Waals surface area contributed by atoms with Gasteiger partial charge in [-0.15, -0.1) is 0 Å². The summed E-state index contributed by atoms with van der Waals surface area (Å²) in [6.45, 7) is -0.0781. The van der Waals surface area contributed by atoms with Crippen LogP contribution in [0.4, 0.5) is 26.3 Å². The van der Waals surface area contributed by atoms with Crippen LogP contribution in [0.5, 0.6) is 5.75 Å². The lowest BCUT2D eigenvalue weighted by molar-refractivity contribution is -0.143. The fourth-order valence-electron chi connectivity index (χ4n) is 3.64. The number of ether oxygens (including phenoxy) is 1. The van der Waals surface area contributed by atoms with Gasteiger partial charge in [-0.3, -0.25) is 0 Å². The topological polar surface area (TPSA) is 46.6 Å². The lowest BCUT2D eigenvalue weighted by Crippen LogP contribution is -2.38. The Bertz CT molecular complexity index is 1010. The van der Waals surface area contributed by atoms with E-state index in [9.17, 15) is 34.8 Å². The van der Waals surface area contributed by atoms with Crippen molar-refractivity contribution >= 4 is 10.0 Å². The molecule has 0 unspecified atom stereocenters. The molecule has 3 rings (SSSR count). The zero-order chi connectivity index (χ0) is 23.0. The van der Waals surface area contributed by atoms with Crippen molar-refractivity contribution in [3.05, 3.63) is 59.2 Å². The second-order valence-electron chi connectivity index (χ2n) is 7.16. The second-order valence-corrected chi connectivity index (χ2v) is 9.10. The molecular weight excluding hydrogens is 448 g/mol. The first kappa shape index (κ1) is 23.4. The largest absolute Gasteiger partial charge is 0.496 e. The van der Waals surface area contributed by atoms with E-state index in [4.69, 9.17) is 4.74 Å². The number of nitrogens with zero attached hydrogens (tertiary/aromatic N) is 1. The van der Waals surface area contributed by atoms with Crippen molar-refractivity contribution in [2.75, 3.05) is 20.2 Å². The average Bonchev–Trinajstić information content (AvgIpc) is 2.72. The molecule has 0 aromatic heterocycles. The summed E-state index contributed by atoms with van der Waals surface area (Å²) in [6.07, 6.45) is -9.54. The molecule has 0 atom stereocenters. The van der Waals surface area contributed by atoms with E-state index in [0.29, 0.717) is 18.6 Å². The molecule has 170 valence electrons. The standard InChI is InChI=1S/C20H19F6NO3S/c1-30-18-5-3-2-4-17(18)13-6-8-27(9-7-13)31(28,29)16-11-14(19(21,22)23)10-15(12-16)20(24,25)26/h2-5,10-13H,6-9H2,1H3. The van der Waals surface area contributed by atoms with Crippen molar-refractivity contribution in [1.29, 1.82) is 0 Å². The molecular formula is C20H19F6NO3S. The van der Waals surface area contributed by atoms with Crippen LogP contribution in [0.3, 0.4) is 0 Å². The second kappa shape index (κ2) is 8.34. The predicted octanol–water partition coefficient (Wildman–Crippen LogP) is 5.30. The molecule has 4 nitrogen and oxygen atoms in total. The van der Waals surface area contributed by atoms with Crippen molar-refractivity contribution in [3.63, 3.8) is 0 Å². The van der Waals surface area contributed by atoms with Crippen LogP contribution in [-0.4, -0.2) is 32.9 Å². The quantitative estimate of drug-likeness (QED) is 0.574. The molecule has 1 saturated heterocycles. The van der Waals surface area contributed by atoms with E-state index in [-0.39, 0.29) is 37.2 Å². The lowest BCUT2D eigenvalue weighted by atomic mass is 9.89. The summed E-state index contributed by atoms with van der Waals surface area (Å²) in [5.41, 5.74) is -2.45. The van der Waals surface area contributed by atoms with Gasteiger partial charge < -0.3 is 4.74 Å². The Hall–Kier alpha value is -2.27. The minimum atomic E-state index is -5.12. The van der Waals surface area contributed by atoms with Gasteiger partial charge in [0.15, 0.2) is 0 Å². The van der Waals surface area contributed by atoms with Gasteiger partial charge in [0, 0.05) is 13.1 Å². The highest BCUT2D eigenvalue weighted by Gasteiger charge is 2.39. The summed E-state index contributed by atoms with van der Waals surface area (Å²) in [5, 5.41) is 0. The molecule has 0 saturated carbocycles. The smallest absolute Gasteiger partial charge is 0.416 e. The van der Waals surface area contributed by atoms with Gasteiger partial charge >= 0.3 is 12.4 Å². The van der Waals surface area contributed by atoms with Crippen molar-refractivity contribution in [2.24, 2.45) is 0 Å². The van der Waals surface area contributed by atoms with E-state index in [1.54, 1.807) is 12.1 Å². The van der Waals surface area contributed by atoms with Gasteiger partial charge in [-0.05, 0) is 48.6 Å². The maximum Gasteiger partial charge on any atom is 0.416 e. The number of piperidine rings is 1. The molecule has 1 fully saturated rings. The molecule has 1 aliphatic rings. The summed E-state index contributed by atoms with van der Waals surface area (Å²) in [6, 6.07) is 7.60. The van der Waals surface area contributed by atoms with Crippen molar-refractivity contribution in [2.45, 2.75) is 36.0 Å². The van der Waals surface area contributed by atoms with E-state index in [1.165, 1.54) is 7.11 Å². The number of benzene rings is 2. The molecule has 0 amide bonds. The van der Waals surface area contributed by atoms with Gasteiger partial charge in [0.1, 0.15) is 5.75 Å². The normalized spacial score (nSPS) is 17.0. The first-order valence-electron chi connectivity index (χ1n) is 9.26. The maximum atomic E-state index is 13.1. The van der Waals surface area contributed by atoms with Crippen LogP contribution < -0.4 is 4.74 Å². The Morgan fingerprint density at radius 3 is 1.90 bits per heavy atom. The summed E-state index contributed by atoms with van der Waals surface area (Å²) >= 11 is 0. The summed E-state index contributed by atoms with van der Waals surface area (Å²) in [7, 11) is -3.04. The highest BCUT2D eigenvalue weighted by Crippen LogP contribution is 2.39. The molecule has 0 N–H and O–H groups in total. The predicted molar refractivity (Wildman–Crippen MR) is 100 cm³/mol. The van der Waals surface area contributed by atoms with E-state index < -0.39 is 38.4 Å². The van der Waals surface area contributed by atoms with E-state index in [2.05, 4.69) is 0 Å². The molecule has 2 aromatic rings. The third-order valence-electron chi connectivity index (χ3n) is 5.23. The van der Waals surface area contributed by atoms with Crippen LogP contribution >= 0.6 is 0 Å². The first-order valence-corrected chi connectivity index (χ1v) is 10.7. The van der Waals surface area contributed by atoms with Crippen molar-refractivity contribution in [3.8, 4) is 5.75 Å². The number of alkyl halides is 6. The SMILES string of the molecule is COc1ccccc1C1CCN(S(=O)(=O)c2cc(C(F)(F)F)cc(C(F)(F)F)c2)CC1. The number of hydrogen-bond acceptors (Lipinski definition) is 3. The molecule has 11 heteroatoms. The molecule has 2 aromatic carbocycles. The number of rotatable bonds is 4. The first-order chi connectivity index (χ1) is 14.3. The lowest BCUT2D eigenvalue weighted by Gasteiger charge is -2.32. The van der Waals surface area contributed by atoms with Crippen LogP contribution in [0.25, 0.3) is 0 Å².